The zero-order valence-corrected chi connectivity index (χ0v) is 9.05. The summed E-state index contributed by atoms with van der Waals surface area (Å²) in [5.41, 5.74) is 0.993. The molecule has 0 fully saturated rings. The number of hydrogen-bond donors (Lipinski definition) is 1. The molecule has 6 heteroatoms. The lowest BCUT2D eigenvalue weighted by Gasteiger charge is -2.00. The van der Waals surface area contributed by atoms with E-state index >= 15 is 0 Å². The Labute approximate surface area is 94.9 Å². The minimum atomic E-state index is -0.294. The van der Waals surface area contributed by atoms with Crippen LogP contribution in [0, 0.1) is 0 Å². The van der Waals surface area contributed by atoms with Gasteiger partial charge in [-0.05, 0) is 11.4 Å². The van der Waals surface area contributed by atoms with Crippen LogP contribution in [0.25, 0.3) is 0 Å². The maximum Gasteiger partial charge on any atom is 0.275 e. The van der Waals surface area contributed by atoms with Crippen LogP contribution in [0.3, 0.4) is 0 Å². The SMILES string of the molecule is O=C(Nc1ccsc1)c1cnc(Cl)cn1. The van der Waals surface area contributed by atoms with E-state index in [4.69, 9.17) is 11.6 Å². The molecule has 0 bridgehead atoms. The van der Waals surface area contributed by atoms with Crippen LogP contribution in [0.1, 0.15) is 10.5 Å². The summed E-state index contributed by atoms with van der Waals surface area (Å²) >= 11 is 7.06. The molecule has 0 aliphatic carbocycles. The average molecular weight is 240 g/mol. The second-order valence-electron chi connectivity index (χ2n) is 2.69. The van der Waals surface area contributed by atoms with E-state index < -0.39 is 0 Å². The standard InChI is InChI=1S/C9H6ClN3OS/c10-8-4-11-7(3-12-8)9(14)13-6-1-2-15-5-6/h1-5H,(H,13,14). The molecule has 2 aromatic heterocycles. The first-order valence-electron chi connectivity index (χ1n) is 4.07. The van der Waals surface area contributed by atoms with E-state index in [0.717, 1.165) is 5.69 Å². The predicted octanol–water partition coefficient (Wildman–Crippen LogP) is 2.44. The number of rotatable bonds is 2. The molecule has 4 nitrogen and oxygen atoms in total. The van der Waals surface area contributed by atoms with Crippen LogP contribution in [-0.4, -0.2) is 15.9 Å². The number of carbonyl (C=O) groups is 1. The fourth-order valence-electron chi connectivity index (χ4n) is 0.960. The Hall–Kier alpha value is -1.46. The molecular formula is C9H6ClN3OS. The number of nitrogens with zero attached hydrogens (tertiary/aromatic N) is 2. The van der Waals surface area contributed by atoms with Crippen molar-refractivity contribution < 1.29 is 4.79 Å². The molecule has 0 saturated carbocycles. The fraction of sp³-hybridized carbons (Fsp3) is 0. The van der Waals surface area contributed by atoms with Gasteiger partial charge in [0.05, 0.1) is 18.1 Å². The van der Waals surface area contributed by atoms with Gasteiger partial charge in [0.15, 0.2) is 0 Å². The number of anilines is 1. The quantitative estimate of drug-likeness (QED) is 0.876. The largest absolute Gasteiger partial charge is 0.320 e. The third-order valence-electron chi connectivity index (χ3n) is 1.63. The molecule has 15 heavy (non-hydrogen) atoms. The first-order valence-corrected chi connectivity index (χ1v) is 5.39. The number of thiophene rings is 1. The molecule has 2 rings (SSSR count). The summed E-state index contributed by atoms with van der Waals surface area (Å²) in [6.45, 7) is 0. The molecule has 0 aliphatic heterocycles. The van der Waals surface area contributed by atoms with Crippen molar-refractivity contribution in [2.45, 2.75) is 0 Å². The van der Waals surface area contributed by atoms with Crippen molar-refractivity contribution in [1.82, 2.24) is 9.97 Å². The number of hydrogen-bond acceptors (Lipinski definition) is 4. The van der Waals surface area contributed by atoms with Gasteiger partial charge in [0.1, 0.15) is 10.8 Å². The topological polar surface area (TPSA) is 54.9 Å². The molecule has 0 radical (unpaired) electrons. The van der Waals surface area contributed by atoms with Crippen LogP contribution in [0.2, 0.25) is 5.15 Å². The van der Waals surface area contributed by atoms with Gasteiger partial charge in [-0.25, -0.2) is 9.97 Å². The Bertz CT molecular complexity index is 455. The van der Waals surface area contributed by atoms with E-state index in [0.29, 0.717) is 0 Å². The van der Waals surface area contributed by atoms with Crippen LogP contribution >= 0.6 is 22.9 Å². The highest BCUT2D eigenvalue weighted by molar-refractivity contribution is 7.08. The van der Waals surface area contributed by atoms with Gasteiger partial charge in [-0.1, -0.05) is 11.6 Å². The molecule has 0 saturated heterocycles. The molecule has 0 spiro atoms. The molecular weight excluding hydrogens is 234 g/mol. The smallest absolute Gasteiger partial charge is 0.275 e. The number of aromatic nitrogens is 2. The molecule has 2 aromatic rings. The van der Waals surface area contributed by atoms with Crippen molar-refractivity contribution in [2.75, 3.05) is 5.32 Å². The minimum Gasteiger partial charge on any atom is -0.320 e. The Morgan fingerprint density at radius 1 is 1.40 bits per heavy atom. The zero-order chi connectivity index (χ0) is 10.7. The second-order valence-corrected chi connectivity index (χ2v) is 3.86. The summed E-state index contributed by atoms with van der Waals surface area (Å²) in [6.07, 6.45) is 2.67. The van der Waals surface area contributed by atoms with Crippen molar-refractivity contribution in [3.63, 3.8) is 0 Å². The minimum absolute atomic E-state index is 0.241. The number of nitrogens with one attached hydrogen (secondary N) is 1. The third kappa shape index (κ3) is 2.51. The van der Waals surface area contributed by atoms with Crippen molar-refractivity contribution in [2.24, 2.45) is 0 Å². The number of halogens is 1. The van der Waals surface area contributed by atoms with E-state index in [1.807, 2.05) is 16.8 Å². The summed E-state index contributed by atoms with van der Waals surface area (Å²) in [5, 5.41) is 6.66. The molecule has 0 atom stereocenters. The number of amides is 1. The van der Waals surface area contributed by atoms with Crippen LogP contribution < -0.4 is 5.32 Å². The van der Waals surface area contributed by atoms with E-state index in [9.17, 15) is 4.79 Å². The van der Waals surface area contributed by atoms with Gasteiger partial charge in [-0.2, -0.15) is 11.3 Å². The van der Waals surface area contributed by atoms with Gasteiger partial charge < -0.3 is 5.32 Å². The van der Waals surface area contributed by atoms with Gasteiger partial charge in [0.2, 0.25) is 0 Å². The summed E-state index contributed by atoms with van der Waals surface area (Å²) in [7, 11) is 0. The van der Waals surface area contributed by atoms with Crippen LogP contribution in [0.4, 0.5) is 5.69 Å². The molecule has 2 heterocycles. The van der Waals surface area contributed by atoms with Gasteiger partial charge >= 0.3 is 0 Å². The van der Waals surface area contributed by atoms with Crippen LogP contribution in [-0.2, 0) is 0 Å². The summed E-state index contributed by atoms with van der Waals surface area (Å²) in [5.74, 6) is -0.294. The van der Waals surface area contributed by atoms with Crippen molar-refractivity contribution in [1.29, 1.82) is 0 Å². The van der Waals surface area contributed by atoms with E-state index in [1.165, 1.54) is 23.7 Å². The van der Waals surface area contributed by atoms with Crippen LogP contribution in [0.15, 0.2) is 29.2 Å². The maximum absolute atomic E-state index is 11.6. The highest BCUT2D eigenvalue weighted by Crippen LogP contribution is 2.12. The van der Waals surface area contributed by atoms with Gasteiger partial charge in [0.25, 0.3) is 5.91 Å². The first-order chi connectivity index (χ1) is 7.25. The Morgan fingerprint density at radius 3 is 2.87 bits per heavy atom. The lowest BCUT2D eigenvalue weighted by molar-refractivity contribution is 0.102. The lowest BCUT2D eigenvalue weighted by Crippen LogP contribution is -2.13. The molecule has 0 aliphatic rings. The molecule has 0 aromatic carbocycles. The average Bonchev–Trinajstić information content (AvgIpc) is 2.71. The van der Waals surface area contributed by atoms with E-state index in [1.54, 1.807) is 0 Å². The van der Waals surface area contributed by atoms with Gasteiger partial charge in [0, 0.05) is 5.38 Å². The highest BCUT2D eigenvalue weighted by Gasteiger charge is 2.07. The van der Waals surface area contributed by atoms with Crippen molar-refractivity contribution in [3.05, 3.63) is 40.1 Å². The monoisotopic (exact) mass is 239 g/mol. The normalized spacial score (nSPS) is 9.93. The lowest BCUT2D eigenvalue weighted by atomic mass is 10.4. The number of carbonyl (C=O) groups excluding carboxylic acids is 1. The Balaban J connectivity index is 2.11. The fourth-order valence-corrected chi connectivity index (χ4v) is 1.65. The first kappa shape index (κ1) is 10.1. The predicted molar refractivity (Wildman–Crippen MR) is 59.3 cm³/mol. The summed E-state index contributed by atoms with van der Waals surface area (Å²) in [6, 6.07) is 1.81. The van der Waals surface area contributed by atoms with Crippen LogP contribution in [0.5, 0.6) is 0 Å². The third-order valence-corrected chi connectivity index (χ3v) is 2.51. The highest BCUT2D eigenvalue weighted by atomic mass is 35.5. The molecule has 0 unspecified atom stereocenters. The van der Waals surface area contributed by atoms with Gasteiger partial charge in [-0.3, -0.25) is 4.79 Å². The van der Waals surface area contributed by atoms with Crippen molar-refractivity contribution >= 4 is 34.5 Å². The maximum atomic E-state index is 11.6. The molecule has 1 amide bonds. The Morgan fingerprint density at radius 2 is 2.27 bits per heavy atom. The summed E-state index contributed by atoms with van der Waals surface area (Å²) in [4.78, 5) is 19.2. The summed E-state index contributed by atoms with van der Waals surface area (Å²) < 4.78 is 0. The molecule has 1 N–H and O–H groups in total. The second kappa shape index (κ2) is 4.37. The zero-order valence-electron chi connectivity index (χ0n) is 7.48. The Kier molecular flexibility index (Phi) is 2.94. The molecule has 76 valence electrons. The van der Waals surface area contributed by atoms with E-state index in [2.05, 4.69) is 15.3 Å². The van der Waals surface area contributed by atoms with Gasteiger partial charge in [-0.15, -0.1) is 0 Å². The van der Waals surface area contributed by atoms with Crippen molar-refractivity contribution in [3.8, 4) is 0 Å². The van der Waals surface area contributed by atoms with E-state index in [-0.39, 0.29) is 16.8 Å².